The molecule has 5 heteroatoms. The van der Waals surface area contributed by atoms with Crippen molar-refractivity contribution in [2.75, 3.05) is 11.9 Å². The molecule has 0 bridgehead atoms. The van der Waals surface area contributed by atoms with Crippen molar-refractivity contribution in [2.45, 2.75) is 6.54 Å². The normalized spacial score (nSPS) is 10.4. The van der Waals surface area contributed by atoms with E-state index in [2.05, 4.69) is 58.6 Å². The summed E-state index contributed by atoms with van der Waals surface area (Å²) >= 11 is 8.63. The minimum atomic E-state index is 0.872. The van der Waals surface area contributed by atoms with Crippen LogP contribution in [-0.2, 0) is 6.54 Å². The van der Waals surface area contributed by atoms with Crippen molar-refractivity contribution in [3.05, 3.63) is 43.6 Å². The highest BCUT2D eigenvalue weighted by Crippen LogP contribution is 2.27. The lowest BCUT2D eigenvalue weighted by atomic mass is 10.3. The second kappa shape index (κ2) is 5.29. The molecule has 16 heavy (non-hydrogen) atoms. The lowest BCUT2D eigenvalue weighted by Crippen LogP contribution is -2.17. The summed E-state index contributed by atoms with van der Waals surface area (Å²) in [6.45, 7) is 0.872. The van der Waals surface area contributed by atoms with Crippen LogP contribution in [0.1, 0.15) is 5.56 Å². The Morgan fingerprint density at radius 2 is 2.25 bits per heavy atom. The van der Waals surface area contributed by atoms with Crippen LogP contribution in [0, 0.1) is 0 Å². The van der Waals surface area contributed by atoms with E-state index in [1.807, 2.05) is 19.3 Å². The Bertz CT molecular complexity index is 471. The molecule has 0 atom stereocenters. The third kappa shape index (κ3) is 2.84. The van der Waals surface area contributed by atoms with Gasteiger partial charge in [-0.05, 0) is 60.3 Å². The molecule has 2 aromatic rings. The Kier molecular flexibility index (Phi) is 4.00. The smallest absolute Gasteiger partial charge is 0.142 e. The first-order chi connectivity index (χ1) is 7.66. The van der Waals surface area contributed by atoms with Gasteiger partial charge in [0.25, 0.3) is 0 Å². The molecule has 0 aliphatic heterocycles. The van der Waals surface area contributed by atoms with Crippen LogP contribution in [0.2, 0.25) is 0 Å². The molecule has 0 N–H and O–H groups in total. The highest BCUT2D eigenvalue weighted by Gasteiger charge is 2.08. The van der Waals surface area contributed by atoms with Gasteiger partial charge in [0.05, 0.1) is 4.47 Å². The molecule has 0 saturated heterocycles. The van der Waals surface area contributed by atoms with Gasteiger partial charge < -0.3 is 4.90 Å². The minimum Gasteiger partial charge on any atom is -0.354 e. The number of nitrogens with zero attached hydrogens (tertiary/aromatic N) is 2. The van der Waals surface area contributed by atoms with Gasteiger partial charge in [-0.2, -0.15) is 11.3 Å². The molecule has 2 rings (SSSR count). The van der Waals surface area contributed by atoms with E-state index < -0.39 is 0 Å². The molecule has 0 unspecified atom stereocenters. The summed E-state index contributed by atoms with van der Waals surface area (Å²) in [6, 6.07) is 4.14. The van der Waals surface area contributed by atoms with E-state index in [9.17, 15) is 0 Å². The van der Waals surface area contributed by atoms with Crippen LogP contribution in [0.3, 0.4) is 0 Å². The Balaban J connectivity index is 2.17. The lowest BCUT2D eigenvalue weighted by molar-refractivity contribution is 0.897. The summed E-state index contributed by atoms with van der Waals surface area (Å²) in [4.78, 5) is 6.52. The fourth-order valence-electron chi connectivity index (χ4n) is 1.42. The molecule has 0 aliphatic carbocycles. The minimum absolute atomic E-state index is 0.872. The SMILES string of the molecule is CN(Cc1ccsc1)c1ncc(Br)cc1Br. The molecule has 0 saturated carbocycles. The molecule has 2 nitrogen and oxygen atoms in total. The largest absolute Gasteiger partial charge is 0.354 e. The topological polar surface area (TPSA) is 16.1 Å². The molecule has 0 spiro atoms. The summed E-state index contributed by atoms with van der Waals surface area (Å²) in [5, 5.41) is 4.25. The number of hydrogen-bond donors (Lipinski definition) is 0. The summed E-state index contributed by atoms with van der Waals surface area (Å²) in [5.41, 5.74) is 1.31. The van der Waals surface area contributed by atoms with Gasteiger partial charge in [0, 0.05) is 24.3 Å². The Morgan fingerprint density at radius 1 is 1.44 bits per heavy atom. The first kappa shape index (κ1) is 12.1. The third-order valence-corrected chi connectivity index (χ3v) is 3.90. The van der Waals surface area contributed by atoms with Crippen molar-refractivity contribution in [2.24, 2.45) is 0 Å². The number of thiophene rings is 1. The maximum atomic E-state index is 4.39. The number of pyridine rings is 1. The molecule has 84 valence electrons. The fraction of sp³-hybridized carbons (Fsp3) is 0.182. The van der Waals surface area contributed by atoms with Gasteiger partial charge in [-0.3, -0.25) is 0 Å². The van der Waals surface area contributed by atoms with E-state index in [0.717, 1.165) is 21.3 Å². The van der Waals surface area contributed by atoms with Crippen LogP contribution in [0.25, 0.3) is 0 Å². The fourth-order valence-corrected chi connectivity index (χ4v) is 3.37. The zero-order chi connectivity index (χ0) is 11.5. The number of rotatable bonds is 3. The highest BCUT2D eigenvalue weighted by atomic mass is 79.9. The van der Waals surface area contributed by atoms with Gasteiger partial charge in [-0.1, -0.05) is 0 Å². The predicted molar refractivity (Wildman–Crippen MR) is 76.1 cm³/mol. The number of anilines is 1. The molecule has 0 fully saturated rings. The summed E-state index contributed by atoms with van der Waals surface area (Å²) < 4.78 is 1.98. The number of hydrogen-bond acceptors (Lipinski definition) is 3. The highest BCUT2D eigenvalue weighted by molar-refractivity contribution is 9.11. The predicted octanol–water partition coefficient (Wildman–Crippen LogP) is 4.30. The molecule has 0 aromatic carbocycles. The van der Waals surface area contributed by atoms with Crippen molar-refractivity contribution in [1.82, 2.24) is 4.98 Å². The van der Waals surface area contributed by atoms with Gasteiger partial charge in [-0.15, -0.1) is 0 Å². The first-order valence-corrected chi connectivity index (χ1v) is 7.23. The molecular formula is C11H10Br2N2S. The van der Waals surface area contributed by atoms with E-state index in [1.165, 1.54) is 5.56 Å². The average molecular weight is 362 g/mol. The Morgan fingerprint density at radius 3 is 2.88 bits per heavy atom. The van der Waals surface area contributed by atoms with E-state index >= 15 is 0 Å². The van der Waals surface area contributed by atoms with E-state index in [-0.39, 0.29) is 0 Å². The van der Waals surface area contributed by atoms with Gasteiger partial charge in [0.15, 0.2) is 0 Å². The molecule has 0 amide bonds. The second-order valence-corrected chi connectivity index (χ2v) is 6.00. The zero-order valence-corrected chi connectivity index (χ0v) is 12.6. The maximum Gasteiger partial charge on any atom is 0.142 e. The van der Waals surface area contributed by atoms with Crippen LogP contribution in [-0.4, -0.2) is 12.0 Å². The number of halogens is 2. The van der Waals surface area contributed by atoms with Gasteiger partial charge in [0.2, 0.25) is 0 Å². The zero-order valence-electron chi connectivity index (χ0n) is 8.65. The quantitative estimate of drug-likeness (QED) is 0.809. The van der Waals surface area contributed by atoms with Crippen molar-refractivity contribution >= 4 is 49.0 Å². The Hall–Kier alpha value is -0.390. The van der Waals surface area contributed by atoms with Crippen LogP contribution in [0.4, 0.5) is 5.82 Å². The molecule has 0 radical (unpaired) electrons. The van der Waals surface area contributed by atoms with Crippen LogP contribution < -0.4 is 4.90 Å². The van der Waals surface area contributed by atoms with Gasteiger partial charge >= 0.3 is 0 Å². The lowest BCUT2D eigenvalue weighted by Gasteiger charge is -2.18. The average Bonchev–Trinajstić information content (AvgIpc) is 2.70. The van der Waals surface area contributed by atoms with Crippen LogP contribution in [0.5, 0.6) is 0 Å². The molecular weight excluding hydrogens is 352 g/mol. The van der Waals surface area contributed by atoms with Crippen molar-refractivity contribution in [3.63, 3.8) is 0 Å². The third-order valence-electron chi connectivity index (χ3n) is 2.15. The molecule has 2 heterocycles. The second-order valence-electron chi connectivity index (χ2n) is 3.45. The molecule has 2 aromatic heterocycles. The summed E-state index contributed by atoms with van der Waals surface area (Å²) in [6.07, 6.45) is 1.81. The van der Waals surface area contributed by atoms with Crippen molar-refractivity contribution in [3.8, 4) is 0 Å². The van der Waals surface area contributed by atoms with Crippen LogP contribution >= 0.6 is 43.2 Å². The van der Waals surface area contributed by atoms with Crippen molar-refractivity contribution in [1.29, 1.82) is 0 Å². The monoisotopic (exact) mass is 360 g/mol. The van der Waals surface area contributed by atoms with Gasteiger partial charge in [-0.25, -0.2) is 4.98 Å². The van der Waals surface area contributed by atoms with E-state index in [0.29, 0.717) is 0 Å². The van der Waals surface area contributed by atoms with Crippen LogP contribution in [0.15, 0.2) is 38.0 Å². The number of aromatic nitrogens is 1. The van der Waals surface area contributed by atoms with Crippen molar-refractivity contribution < 1.29 is 0 Å². The maximum absolute atomic E-state index is 4.39. The van der Waals surface area contributed by atoms with E-state index in [4.69, 9.17) is 0 Å². The standard InChI is InChI=1S/C11H10Br2N2S/c1-15(6-8-2-3-16-7-8)11-10(13)4-9(12)5-14-11/h2-5,7H,6H2,1H3. The first-order valence-electron chi connectivity index (χ1n) is 4.70. The van der Waals surface area contributed by atoms with Gasteiger partial charge in [0.1, 0.15) is 5.82 Å². The summed E-state index contributed by atoms with van der Waals surface area (Å²) in [5.74, 6) is 0.953. The molecule has 0 aliphatic rings. The van der Waals surface area contributed by atoms with E-state index in [1.54, 1.807) is 11.3 Å². The Labute approximate surface area is 116 Å². The summed E-state index contributed by atoms with van der Waals surface area (Å²) in [7, 11) is 2.04.